The van der Waals surface area contributed by atoms with Gasteiger partial charge in [0.05, 0.1) is 4.90 Å². The number of hydrogen-bond acceptors (Lipinski definition) is 4. The zero-order valence-electron chi connectivity index (χ0n) is 15.4. The molecule has 0 N–H and O–H groups in total. The molecule has 0 spiro atoms. The van der Waals surface area contributed by atoms with E-state index in [-0.39, 0.29) is 4.90 Å². The van der Waals surface area contributed by atoms with Gasteiger partial charge in [0.1, 0.15) is 12.1 Å². The lowest BCUT2D eigenvalue weighted by atomic mass is 9.96. The van der Waals surface area contributed by atoms with Crippen LogP contribution in [-0.2, 0) is 14.8 Å². The van der Waals surface area contributed by atoms with Gasteiger partial charge in [-0.05, 0) is 43.0 Å². The summed E-state index contributed by atoms with van der Waals surface area (Å²) in [6.07, 6.45) is 3.51. The highest BCUT2D eigenvalue weighted by Crippen LogP contribution is 2.34. The molecule has 0 radical (unpaired) electrons. The Bertz CT molecular complexity index is 837. The zero-order valence-corrected chi connectivity index (χ0v) is 16.3. The molecule has 1 aromatic rings. The normalized spacial score (nSPS) is 20.4. The van der Waals surface area contributed by atoms with E-state index >= 15 is 0 Å². The molecule has 1 fully saturated rings. The van der Waals surface area contributed by atoms with Gasteiger partial charge in [-0.1, -0.05) is 56.9 Å². The number of aryl methyl sites for hydroxylation is 1. The Labute approximate surface area is 155 Å². The first-order chi connectivity index (χ1) is 12.2. The number of nitrogens with zero attached hydrogens (tertiary/aromatic N) is 1. The molecule has 0 aliphatic carbocycles. The van der Waals surface area contributed by atoms with E-state index in [1.807, 2.05) is 26.8 Å². The molecule has 6 heteroatoms. The van der Waals surface area contributed by atoms with Crippen LogP contribution in [0.25, 0.3) is 0 Å². The quantitative estimate of drug-likeness (QED) is 0.664. The molecule has 1 saturated heterocycles. The van der Waals surface area contributed by atoms with Crippen LogP contribution in [0.3, 0.4) is 0 Å². The molecule has 1 heterocycles. The fraction of sp³-hybridized carbons (Fsp3) is 0.350. The number of carbonyl (C=O) groups excluding carboxylic acids is 1. The Morgan fingerprint density at radius 3 is 2.38 bits per heavy atom. The predicted molar refractivity (Wildman–Crippen MR) is 102 cm³/mol. The maximum Gasteiger partial charge on any atom is 0.424 e. The molecule has 0 bridgehead atoms. The van der Waals surface area contributed by atoms with Crippen molar-refractivity contribution in [2.75, 3.05) is 0 Å². The summed E-state index contributed by atoms with van der Waals surface area (Å²) in [5.41, 5.74) is 1.97. The lowest BCUT2D eigenvalue weighted by Crippen LogP contribution is -2.42. The highest BCUT2D eigenvalue weighted by atomic mass is 32.2. The molecular weight excluding hydrogens is 350 g/mol. The summed E-state index contributed by atoms with van der Waals surface area (Å²) in [5, 5.41) is 0. The maximum absolute atomic E-state index is 13.1. The molecule has 140 valence electrons. The van der Waals surface area contributed by atoms with Gasteiger partial charge in [-0.25, -0.2) is 13.2 Å². The second-order valence-electron chi connectivity index (χ2n) is 6.25. The largest absolute Gasteiger partial charge is 0.443 e. The molecule has 1 aliphatic heterocycles. The molecule has 0 aromatic heterocycles. The lowest BCUT2D eigenvalue weighted by molar-refractivity contribution is 0.131. The van der Waals surface area contributed by atoms with Crippen LogP contribution in [0.2, 0.25) is 0 Å². The minimum Gasteiger partial charge on any atom is -0.443 e. The minimum absolute atomic E-state index is 0.0457. The van der Waals surface area contributed by atoms with E-state index in [4.69, 9.17) is 4.74 Å². The lowest BCUT2D eigenvalue weighted by Gasteiger charge is -2.26. The number of cyclic esters (lactones) is 1. The van der Waals surface area contributed by atoms with Gasteiger partial charge in [-0.3, -0.25) is 0 Å². The van der Waals surface area contributed by atoms with Crippen molar-refractivity contribution in [3.8, 4) is 0 Å². The number of hydrogen-bond donors (Lipinski definition) is 0. The topological polar surface area (TPSA) is 63.7 Å². The van der Waals surface area contributed by atoms with Crippen LogP contribution in [0.1, 0.15) is 32.3 Å². The summed E-state index contributed by atoms with van der Waals surface area (Å²) in [5.74, 6) is 0. The first kappa shape index (κ1) is 20.0. The standard InChI is InChI=1S/C20H25NO4S/c1-6-8-9-15(4)16(5)19-18(7-2)25-20(22)21(19)26(23,24)17-12-10-14(3)11-13-17/h8-13,18-19H,4-7H2,1-3H3/b9-8+/t18-,19+/m0/s1. The SMILES string of the molecule is C=C(/C=C/CC)C(=C)[C@@H]1[C@H](CC)OC(=O)N1S(=O)(=O)c1ccc(C)cc1. The van der Waals surface area contributed by atoms with E-state index < -0.39 is 28.3 Å². The molecule has 0 unspecified atom stereocenters. The first-order valence-corrected chi connectivity index (χ1v) is 10.0. The molecule has 0 saturated carbocycles. The summed E-state index contributed by atoms with van der Waals surface area (Å²) in [4.78, 5) is 12.5. The fourth-order valence-electron chi connectivity index (χ4n) is 2.81. The van der Waals surface area contributed by atoms with Crippen molar-refractivity contribution < 1.29 is 17.9 Å². The number of ether oxygens (including phenoxy) is 1. The average Bonchev–Trinajstić information content (AvgIpc) is 2.96. The van der Waals surface area contributed by atoms with Gasteiger partial charge in [0.15, 0.2) is 0 Å². The summed E-state index contributed by atoms with van der Waals surface area (Å²) >= 11 is 0. The monoisotopic (exact) mass is 375 g/mol. The number of amides is 1. The predicted octanol–water partition coefficient (Wildman–Crippen LogP) is 4.36. The molecule has 2 rings (SSSR count). The van der Waals surface area contributed by atoms with Crippen LogP contribution in [-0.4, -0.2) is 31.0 Å². The third kappa shape index (κ3) is 3.75. The van der Waals surface area contributed by atoms with Gasteiger partial charge in [0.2, 0.25) is 0 Å². The second kappa shape index (κ2) is 7.91. The van der Waals surface area contributed by atoms with Gasteiger partial charge < -0.3 is 4.74 Å². The molecule has 26 heavy (non-hydrogen) atoms. The van der Waals surface area contributed by atoms with Crippen LogP contribution in [0.5, 0.6) is 0 Å². The first-order valence-electron chi connectivity index (χ1n) is 8.60. The zero-order chi connectivity index (χ0) is 19.5. The number of sulfonamides is 1. The minimum atomic E-state index is -4.06. The van der Waals surface area contributed by atoms with Crippen LogP contribution in [0, 0.1) is 6.92 Å². The summed E-state index contributed by atoms with van der Waals surface area (Å²) < 4.78 is 32.3. The third-order valence-electron chi connectivity index (χ3n) is 4.34. The number of rotatable bonds is 7. The maximum atomic E-state index is 13.1. The van der Waals surface area contributed by atoms with Gasteiger partial charge >= 0.3 is 6.09 Å². The highest BCUT2D eigenvalue weighted by molar-refractivity contribution is 7.89. The van der Waals surface area contributed by atoms with E-state index in [0.717, 1.165) is 16.3 Å². The Morgan fingerprint density at radius 2 is 1.85 bits per heavy atom. The molecule has 1 aromatic carbocycles. The highest BCUT2D eigenvalue weighted by Gasteiger charge is 2.49. The molecular formula is C20H25NO4S. The van der Waals surface area contributed by atoms with Crippen LogP contribution >= 0.6 is 0 Å². The molecule has 5 nitrogen and oxygen atoms in total. The summed E-state index contributed by atoms with van der Waals surface area (Å²) in [6.45, 7) is 13.6. The Morgan fingerprint density at radius 1 is 1.23 bits per heavy atom. The Kier molecular flexibility index (Phi) is 6.08. The van der Waals surface area contributed by atoms with Crippen molar-refractivity contribution >= 4 is 16.1 Å². The number of allylic oxidation sites excluding steroid dienone is 2. The van der Waals surface area contributed by atoms with Crippen molar-refractivity contribution in [3.63, 3.8) is 0 Å². The third-order valence-corrected chi connectivity index (χ3v) is 6.10. The molecule has 2 atom stereocenters. The molecule has 1 aliphatic rings. The van der Waals surface area contributed by atoms with Gasteiger partial charge in [0.25, 0.3) is 10.0 Å². The van der Waals surface area contributed by atoms with Crippen molar-refractivity contribution in [2.45, 2.75) is 50.7 Å². The van der Waals surface area contributed by atoms with Crippen molar-refractivity contribution in [3.05, 3.63) is 66.3 Å². The second-order valence-corrected chi connectivity index (χ2v) is 8.07. The average molecular weight is 375 g/mol. The number of benzene rings is 1. The van der Waals surface area contributed by atoms with Gasteiger partial charge in [-0.2, -0.15) is 4.31 Å². The van der Waals surface area contributed by atoms with Crippen LogP contribution < -0.4 is 0 Å². The van der Waals surface area contributed by atoms with Crippen molar-refractivity contribution in [1.29, 1.82) is 0 Å². The summed E-state index contributed by atoms with van der Waals surface area (Å²) in [7, 11) is -4.06. The van der Waals surface area contributed by atoms with E-state index in [1.165, 1.54) is 12.1 Å². The molecule has 1 amide bonds. The van der Waals surface area contributed by atoms with E-state index in [1.54, 1.807) is 18.2 Å². The van der Waals surface area contributed by atoms with Crippen LogP contribution in [0.4, 0.5) is 4.79 Å². The smallest absolute Gasteiger partial charge is 0.424 e. The van der Waals surface area contributed by atoms with Crippen LogP contribution in [0.15, 0.2) is 65.6 Å². The van der Waals surface area contributed by atoms with Gasteiger partial charge in [-0.15, -0.1) is 0 Å². The number of carbonyl (C=O) groups is 1. The fourth-order valence-corrected chi connectivity index (χ4v) is 4.32. The van der Waals surface area contributed by atoms with Crippen molar-refractivity contribution in [2.24, 2.45) is 0 Å². The van der Waals surface area contributed by atoms with E-state index in [0.29, 0.717) is 17.6 Å². The summed E-state index contributed by atoms with van der Waals surface area (Å²) in [6, 6.07) is 5.55. The Hall–Kier alpha value is -2.34. The van der Waals surface area contributed by atoms with E-state index in [2.05, 4.69) is 13.2 Å². The van der Waals surface area contributed by atoms with Gasteiger partial charge in [0, 0.05) is 0 Å². The van der Waals surface area contributed by atoms with Crippen molar-refractivity contribution in [1.82, 2.24) is 4.31 Å². The van der Waals surface area contributed by atoms with E-state index in [9.17, 15) is 13.2 Å². The Balaban J connectivity index is 2.47.